The van der Waals surface area contributed by atoms with E-state index in [4.69, 9.17) is 0 Å². The third kappa shape index (κ3) is 1.22. The van der Waals surface area contributed by atoms with Gasteiger partial charge in [-0.2, -0.15) is 0 Å². The van der Waals surface area contributed by atoms with Crippen molar-refractivity contribution in [3.05, 3.63) is 0 Å². The minimum Gasteiger partial charge on any atom is -0.342 e. The van der Waals surface area contributed by atoms with E-state index in [1.54, 1.807) is 4.90 Å². The molecule has 1 atom stereocenters. The lowest BCUT2D eigenvalue weighted by molar-refractivity contribution is -0.155. The topological polar surface area (TPSA) is 49.4 Å². The highest BCUT2D eigenvalue weighted by Gasteiger charge is 2.54. The van der Waals surface area contributed by atoms with Crippen LogP contribution in [-0.2, 0) is 9.59 Å². The minimum atomic E-state index is -0.511. The summed E-state index contributed by atoms with van der Waals surface area (Å²) < 4.78 is 0. The van der Waals surface area contributed by atoms with Crippen LogP contribution in [0.5, 0.6) is 0 Å². The number of hydrogen-bond donors (Lipinski definition) is 1. The fourth-order valence-electron chi connectivity index (χ4n) is 3.18. The Morgan fingerprint density at radius 1 is 1.25 bits per heavy atom. The van der Waals surface area contributed by atoms with Gasteiger partial charge in [0.05, 0.1) is 0 Å². The number of nitrogens with zero attached hydrogens (tertiary/aromatic N) is 1. The van der Waals surface area contributed by atoms with Crippen molar-refractivity contribution in [1.29, 1.82) is 0 Å². The first kappa shape index (κ1) is 10.1. The summed E-state index contributed by atoms with van der Waals surface area (Å²) in [6.07, 6.45) is 5.93. The molecule has 3 aliphatic rings. The van der Waals surface area contributed by atoms with E-state index < -0.39 is 5.54 Å². The summed E-state index contributed by atoms with van der Waals surface area (Å²) in [5.41, 5.74) is -0.511. The van der Waals surface area contributed by atoms with Gasteiger partial charge in [0, 0.05) is 7.05 Å². The molecule has 4 heteroatoms. The molecule has 2 aliphatic carbocycles. The van der Waals surface area contributed by atoms with Gasteiger partial charge in [-0.15, -0.1) is 0 Å². The molecule has 0 aromatic rings. The molecule has 1 heterocycles. The largest absolute Gasteiger partial charge is 0.342 e. The maximum absolute atomic E-state index is 12.2. The standard InChI is InChI=1S/C12H18N2O2/c1-14-10(15)9(8-4-5-8)13-11(16)12(14)6-2-3-7-12/h8-9H,2-7H2,1H3,(H,13,16). The predicted molar refractivity (Wildman–Crippen MR) is 58.6 cm³/mol. The molecule has 1 unspecified atom stereocenters. The highest BCUT2D eigenvalue weighted by atomic mass is 16.2. The Bertz CT molecular complexity index is 341. The van der Waals surface area contributed by atoms with Gasteiger partial charge in [-0.25, -0.2) is 0 Å². The molecule has 1 saturated heterocycles. The molecule has 88 valence electrons. The van der Waals surface area contributed by atoms with Crippen LogP contribution in [0.2, 0.25) is 0 Å². The molecule has 0 radical (unpaired) electrons. The molecule has 3 rings (SSSR count). The second-order valence-electron chi connectivity index (χ2n) is 5.42. The third-order valence-electron chi connectivity index (χ3n) is 4.47. The summed E-state index contributed by atoms with van der Waals surface area (Å²) in [6.45, 7) is 0. The Morgan fingerprint density at radius 3 is 2.44 bits per heavy atom. The second-order valence-corrected chi connectivity index (χ2v) is 5.42. The maximum atomic E-state index is 12.2. The fraction of sp³-hybridized carbons (Fsp3) is 0.833. The maximum Gasteiger partial charge on any atom is 0.246 e. The highest BCUT2D eigenvalue weighted by molar-refractivity contribution is 6.00. The Balaban J connectivity index is 1.88. The number of carbonyl (C=O) groups is 2. The van der Waals surface area contributed by atoms with E-state index in [1.165, 1.54) is 0 Å². The van der Waals surface area contributed by atoms with Gasteiger partial charge in [0.15, 0.2) is 0 Å². The van der Waals surface area contributed by atoms with E-state index >= 15 is 0 Å². The average molecular weight is 222 g/mol. The van der Waals surface area contributed by atoms with Crippen LogP contribution in [0.15, 0.2) is 0 Å². The van der Waals surface area contributed by atoms with Crippen molar-refractivity contribution in [2.24, 2.45) is 5.92 Å². The zero-order valence-corrected chi connectivity index (χ0v) is 9.66. The number of amides is 2. The Labute approximate surface area is 95.4 Å². The van der Waals surface area contributed by atoms with Crippen LogP contribution < -0.4 is 5.32 Å². The van der Waals surface area contributed by atoms with Crippen LogP contribution in [0.4, 0.5) is 0 Å². The molecule has 4 nitrogen and oxygen atoms in total. The lowest BCUT2D eigenvalue weighted by Gasteiger charge is -2.44. The molecule has 1 spiro atoms. The Morgan fingerprint density at radius 2 is 1.88 bits per heavy atom. The van der Waals surface area contributed by atoms with Gasteiger partial charge in [0.25, 0.3) is 0 Å². The van der Waals surface area contributed by atoms with E-state index in [0.717, 1.165) is 38.5 Å². The Hall–Kier alpha value is -1.06. The van der Waals surface area contributed by atoms with Gasteiger partial charge in [-0.3, -0.25) is 9.59 Å². The third-order valence-corrected chi connectivity index (χ3v) is 4.47. The van der Waals surface area contributed by atoms with Gasteiger partial charge in [0.1, 0.15) is 11.6 Å². The van der Waals surface area contributed by atoms with Crippen LogP contribution in [0, 0.1) is 5.92 Å². The number of nitrogens with one attached hydrogen (secondary N) is 1. The van der Waals surface area contributed by atoms with Gasteiger partial charge in [-0.1, -0.05) is 12.8 Å². The van der Waals surface area contributed by atoms with Crippen LogP contribution in [-0.4, -0.2) is 35.3 Å². The summed E-state index contributed by atoms with van der Waals surface area (Å²) >= 11 is 0. The predicted octanol–water partition coefficient (Wildman–Crippen LogP) is 0.666. The van der Waals surface area contributed by atoms with Crippen molar-refractivity contribution in [3.8, 4) is 0 Å². The first-order valence-corrected chi connectivity index (χ1v) is 6.24. The Kier molecular flexibility index (Phi) is 2.03. The van der Waals surface area contributed by atoms with E-state index in [1.807, 2.05) is 7.05 Å². The summed E-state index contributed by atoms with van der Waals surface area (Å²) in [7, 11) is 1.81. The molecule has 2 saturated carbocycles. The van der Waals surface area contributed by atoms with Crippen molar-refractivity contribution >= 4 is 11.8 Å². The minimum absolute atomic E-state index is 0.0870. The number of rotatable bonds is 1. The molecule has 1 aliphatic heterocycles. The van der Waals surface area contributed by atoms with E-state index in [9.17, 15) is 9.59 Å². The molecule has 0 bridgehead atoms. The molecule has 0 aromatic heterocycles. The van der Waals surface area contributed by atoms with Crippen molar-refractivity contribution in [1.82, 2.24) is 10.2 Å². The number of likely N-dealkylation sites (N-methyl/N-ethyl adjacent to an activating group) is 1. The number of hydrogen-bond acceptors (Lipinski definition) is 2. The smallest absolute Gasteiger partial charge is 0.246 e. The molecule has 16 heavy (non-hydrogen) atoms. The van der Waals surface area contributed by atoms with Gasteiger partial charge < -0.3 is 10.2 Å². The normalized spacial score (nSPS) is 33.3. The average Bonchev–Trinajstić information content (AvgIpc) is 2.99. The SMILES string of the molecule is CN1C(=O)C(C2CC2)NC(=O)C12CCCC2. The second kappa shape index (κ2) is 3.22. The summed E-state index contributed by atoms with van der Waals surface area (Å²) in [4.78, 5) is 26.2. The van der Waals surface area contributed by atoms with Crippen molar-refractivity contribution in [3.63, 3.8) is 0 Å². The van der Waals surface area contributed by atoms with Crippen molar-refractivity contribution in [2.75, 3.05) is 7.05 Å². The molecule has 1 N–H and O–H groups in total. The molecular formula is C12H18N2O2. The van der Waals surface area contributed by atoms with Gasteiger partial charge >= 0.3 is 0 Å². The summed E-state index contributed by atoms with van der Waals surface area (Å²) in [5.74, 6) is 0.616. The summed E-state index contributed by atoms with van der Waals surface area (Å²) in [5, 5.41) is 2.96. The molecule has 2 amide bonds. The van der Waals surface area contributed by atoms with E-state index in [-0.39, 0.29) is 17.9 Å². The van der Waals surface area contributed by atoms with Gasteiger partial charge in [0.2, 0.25) is 11.8 Å². The van der Waals surface area contributed by atoms with Crippen LogP contribution in [0.3, 0.4) is 0 Å². The molecule has 0 aromatic carbocycles. The van der Waals surface area contributed by atoms with E-state index in [2.05, 4.69) is 5.32 Å². The fourth-order valence-corrected chi connectivity index (χ4v) is 3.18. The monoisotopic (exact) mass is 222 g/mol. The van der Waals surface area contributed by atoms with Gasteiger partial charge in [-0.05, 0) is 31.6 Å². The van der Waals surface area contributed by atoms with Crippen LogP contribution in [0.1, 0.15) is 38.5 Å². The first-order valence-electron chi connectivity index (χ1n) is 6.24. The van der Waals surface area contributed by atoms with Crippen molar-refractivity contribution < 1.29 is 9.59 Å². The highest BCUT2D eigenvalue weighted by Crippen LogP contribution is 2.41. The summed E-state index contributed by atoms with van der Waals surface area (Å²) in [6, 6.07) is -0.233. The molecule has 3 fully saturated rings. The zero-order chi connectivity index (χ0) is 11.3. The lowest BCUT2D eigenvalue weighted by Crippen LogP contribution is -2.69. The zero-order valence-electron chi connectivity index (χ0n) is 9.66. The quantitative estimate of drug-likeness (QED) is 0.708. The molecular weight excluding hydrogens is 204 g/mol. The van der Waals surface area contributed by atoms with Crippen LogP contribution in [0.25, 0.3) is 0 Å². The lowest BCUT2D eigenvalue weighted by atomic mass is 9.89. The van der Waals surface area contributed by atoms with Crippen LogP contribution >= 0.6 is 0 Å². The first-order chi connectivity index (χ1) is 7.65. The van der Waals surface area contributed by atoms with Crippen molar-refractivity contribution in [2.45, 2.75) is 50.1 Å². The number of carbonyl (C=O) groups excluding carboxylic acids is 2. The number of piperazine rings is 1. The van der Waals surface area contributed by atoms with E-state index in [0.29, 0.717) is 5.92 Å².